The van der Waals surface area contributed by atoms with E-state index in [1.165, 1.54) is 18.2 Å². The maximum absolute atomic E-state index is 13.2. The van der Waals surface area contributed by atoms with Crippen LogP contribution < -0.4 is 10.9 Å². The van der Waals surface area contributed by atoms with E-state index in [0.717, 1.165) is 4.68 Å². The van der Waals surface area contributed by atoms with Crippen LogP contribution in [0.2, 0.25) is 0 Å². The average molecular weight is 326 g/mol. The summed E-state index contributed by atoms with van der Waals surface area (Å²) in [7, 11) is 0. The SMILES string of the molecule is CCC(C(=O)Nc1cccc(F)c1)n1nnc2ccccc2c1=O. The molecule has 3 aromatic rings. The highest BCUT2D eigenvalue weighted by Crippen LogP contribution is 2.15. The van der Waals surface area contributed by atoms with Gasteiger partial charge in [-0.15, -0.1) is 5.10 Å². The minimum Gasteiger partial charge on any atom is -0.324 e. The molecule has 1 amide bonds. The molecule has 0 aliphatic carbocycles. The normalized spacial score (nSPS) is 12.1. The first-order chi connectivity index (χ1) is 11.6. The summed E-state index contributed by atoms with van der Waals surface area (Å²) >= 11 is 0. The number of halogens is 1. The standard InChI is InChI=1S/C17H15FN4O2/c1-2-15(16(23)19-12-7-5-6-11(18)10-12)22-17(24)13-8-3-4-9-14(13)20-21-22/h3-10,15H,2H2,1H3,(H,19,23). The molecule has 0 spiro atoms. The number of amides is 1. The molecule has 0 bridgehead atoms. The van der Waals surface area contributed by atoms with Gasteiger partial charge in [-0.1, -0.05) is 30.3 Å². The van der Waals surface area contributed by atoms with Crippen LogP contribution >= 0.6 is 0 Å². The highest BCUT2D eigenvalue weighted by atomic mass is 19.1. The lowest BCUT2D eigenvalue weighted by atomic mass is 10.2. The molecule has 0 fully saturated rings. The van der Waals surface area contributed by atoms with Crippen molar-refractivity contribution in [1.29, 1.82) is 0 Å². The molecule has 0 saturated carbocycles. The highest BCUT2D eigenvalue weighted by molar-refractivity contribution is 5.93. The van der Waals surface area contributed by atoms with Crippen molar-refractivity contribution in [3.63, 3.8) is 0 Å². The Morgan fingerprint density at radius 3 is 2.79 bits per heavy atom. The summed E-state index contributed by atoms with van der Waals surface area (Å²) in [5, 5.41) is 10.9. The van der Waals surface area contributed by atoms with Crippen molar-refractivity contribution in [3.8, 4) is 0 Å². The fraction of sp³-hybridized carbons (Fsp3) is 0.176. The minimum absolute atomic E-state index is 0.320. The Morgan fingerprint density at radius 2 is 2.04 bits per heavy atom. The van der Waals surface area contributed by atoms with Crippen molar-refractivity contribution in [2.75, 3.05) is 5.32 Å². The Kier molecular flexibility index (Phi) is 4.33. The number of aromatic nitrogens is 3. The molecule has 0 aliphatic heterocycles. The molecule has 0 aliphatic rings. The van der Waals surface area contributed by atoms with Gasteiger partial charge in [0.2, 0.25) is 5.91 Å². The molecule has 6 nitrogen and oxygen atoms in total. The molecular weight excluding hydrogens is 311 g/mol. The summed E-state index contributed by atoms with van der Waals surface area (Å²) in [6.45, 7) is 1.76. The number of carbonyl (C=O) groups is 1. The number of carbonyl (C=O) groups excluding carboxylic acids is 1. The van der Waals surface area contributed by atoms with E-state index in [1.807, 2.05) is 0 Å². The van der Waals surface area contributed by atoms with Gasteiger partial charge in [0.15, 0.2) is 0 Å². The first-order valence-electron chi connectivity index (χ1n) is 7.51. The number of nitrogens with zero attached hydrogens (tertiary/aromatic N) is 3. The van der Waals surface area contributed by atoms with Gasteiger partial charge in [0, 0.05) is 5.69 Å². The molecule has 0 radical (unpaired) electrons. The predicted molar refractivity (Wildman–Crippen MR) is 88.2 cm³/mol. The third-order valence-corrected chi connectivity index (χ3v) is 3.67. The van der Waals surface area contributed by atoms with E-state index in [4.69, 9.17) is 0 Å². The summed E-state index contributed by atoms with van der Waals surface area (Å²) in [5.74, 6) is -0.904. The molecular formula is C17H15FN4O2. The number of fused-ring (bicyclic) bond motifs is 1. The Hall–Kier alpha value is -3.09. The lowest BCUT2D eigenvalue weighted by Crippen LogP contribution is -2.35. The molecule has 2 aromatic carbocycles. The monoisotopic (exact) mass is 326 g/mol. The van der Waals surface area contributed by atoms with Crippen LogP contribution in [-0.2, 0) is 4.79 Å². The lowest BCUT2D eigenvalue weighted by molar-refractivity contribution is -0.119. The second-order valence-corrected chi connectivity index (χ2v) is 5.28. The van der Waals surface area contributed by atoms with Gasteiger partial charge < -0.3 is 5.32 Å². The van der Waals surface area contributed by atoms with E-state index < -0.39 is 17.8 Å². The fourth-order valence-corrected chi connectivity index (χ4v) is 2.47. The van der Waals surface area contributed by atoms with Crippen LogP contribution in [0.1, 0.15) is 19.4 Å². The molecule has 1 N–H and O–H groups in total. The van der Waals surface area contributed by atoms with Gasteiger partial charge in [-0.05, 0) is 36.8 Å². The largest absolute Gasteiger partial charge is 0.324 e. The number of benzene rings is 2. The maximum atomic E-state index is 13.2. The van der Waals surface area contributed by atoms with E-state index in [1.54, 1.807) is 37.3 Å². The molecule has 1 unspecified atom stereocenters. The Morgan fingerprint density at radius 1 is 1.25 bits per heavy atom. The van der Waals surface area contributed by atoms with Gasteiger partial charge >= 0.3 is 0 Å². The second kappa shape index (κ2) is 6.57. The third kappa shape index (κ3) is 3.01. The van der Waals surface area contributed by atoms with Crippen molar-refractivity contribution in [1.82, 2.24) is 15.0 Å². The van der Waals surface area contributed by atoms with Crippen molar-refractivity contribution < 1.29 is 9.18 Å². The van der Waals surface area contributed by atoms with Crippen molar-refractivity contribution in [2.45, 2.75) is 19.4 Å². The Balaban J connectivity index is 1.95. The third-order valence-electron chi connectivity index (χ3n) is 3.67. The summed E-state index contributed by atoms with van der Waals surface area (Å²) in [4.78, 5) is 25.0. The topological polar surface area (TPSA) is 76.9 Å². The smallest absolute Gasteiger partial charge is 0.278 e. The maximum Gasteiger partial charge on any atom is 0.278 e. The summed E-state index contributed by atoms with van der Waals surface area (Å²) < 4.78 is 14.3. The number of nitrogens with one attached hydrogen (secondary N) is 1. The van der Waals surface area contributed by atoms with Crippen molar-refractivity contribution in [2.24, 2.45) is 0 Å². The van der Waals surface area contributed by atoms with Crippen LogP contribution in [0.5, 0.6) is 0 Å². The van der Waals surface area contributed by atoms with Crippen LogP contribution in [0.3, 0.4) is 0 Å². The quantitative estimate of drug-likeness (QED) is 0.799. The van der Waals surface area contributed by atoms with Crippen LogP contribution in [0, 0.1) is 5.82 Å². The molecule has 1 aromatic heterocycles. The minimum atomic E-state index is -0.835. The van der Waals surface area contributed by atoms with Gasteiger partial charge in [0.25, 0.3) is 5.56 Å². The molecule has 3 rings (SSSR count). The van der Waals surface area contributed by atoms with Gasteiger partial charge in [0.1, 0.15) is 17.4 Å². The van der Waals surface area contributed by atoms with Crippen LogP contribution in [-0.4, -0.2) is 20.9 Å². The summed E-state index contributed by atoms with van der Waals surface area (Å²) in [5.41, 5.74) is 0.404. The van der Waals surface area contributed by atoms with Crippen LogP contribution in [0.15, 0.2) is 53.3 Å². The Bertz CT molecular complexity index is 954. The number of hydrogen-bond acceptors (Lipinski definition) is 4. The lowest BCUT2D eigenvalue weighted by Gasteiger charge is -2.16. The summed E-state index contributed by atoms with van der Waals surface area (Å²) in [6, 6.07) is 11.5. The van der Waals surface area contributed by atoms with Gasteiger partial charge in [0.05, 0.1) is 5.39 Å². The predicted octanol–water partition coefficient (Wildman–Crippen LogP) is 2.52. The van der Waals surface area contributed by atoms with Crippen molar-refractivity contribution in [3.05, 3.63) is 64.7 Å². The zero-order valence-corrected chi connectivity index (χ0v) is 12.9. The zero-order chi connectivity index (χ0) is 17.1. The number of rotatable bonds is 4. The van der Waals surface area contributed by atoms with Gasteiger partial charge in [-0.2, -0.15) is 4.68 Å². The second-order valence-electron chi connectivity index (χ2n) is 5.28. The van der Waals surface area contributed by atoms with Crippen LogP contribution in [0.25, 0.3) is 10.9 Å². The average Bonchev–Trinajstić information content (AvgIpc) is 2.58. The molecule has 1 heterocycles. The molecule has 122 valence electrons. The van der Waals surface area contributed by atoms with E-state index in [9.17, 15) is 14.0 Å². The molecule has 24 heavy (non-hydrogen) atoms. The first-order valence-corrected chi connectivity index (χ1v) is 7.51. The summed E-state index contributed by atoms with van der Waals surface area (Å²) in [6.07, 6.45) is 0.341. The van der Waals surface area contributed by atoms with Crippen molar-refractivity contribution >= 4 is 22.5 Å². The molecule has 7 heteroatoms. The van der Waals surface area contributed by atoms with E-state index >= 15 is 0 Å². The van der Waals surface area contributed by atoms with Gasteiger partial charge in [-0.25, -0.2) is 4.39 Å². The first kappa shape index (κ1) is 15.8. The number of anilines is 1. The highest BCUT2D eigenvalue weighted by Gasteiger charge is 2.22. The Labute approximate surface area is 136 Å². The zero-order valence-electron chi connectivity index (χ0n) is 12.9. The molecule has 1 atom stereocenters. The van der Waals surface area contributed by atoms with Crippen LogP contribution in [0.4, 0.5) is 10.1 Å². The van der Waals surface area contributed by atoms with E-state index in [0.29, 0.717) is 23.0 Å². The number of hydrogen-bond donors (Lipinski definition) is 1. The van der Waals surface area contributed by atoms with E-state index in [-0.39, 0.29) is 5.56 Å². The fourth-order valence-electron chi connectivity index (χ4n) is 2.47. The van der Waals surface area contributed by atoms with Gasteiger partial charge in [-0.3, -0.25) is 9.59 Å². The molecule has 0 saturated heterocycles. The van der Waals surface area contributed by atoms with E-state index in [2.05, 4.69) is 15.6 Å².